The van der Waals surface area contributed by atoms with Crippen LogP contribution in [0.25, 0.3) is 0 Å². The highest BCUT2D eigenvalue weighted by atomic mass is 19.1. The van der Waals surface area contributed by atoms with E-state index in [1.807, 2.05) is 19.9 Å². The van der Waals surface area contributed by atoms with Crippen LogP contribution in [0.1, 0.15) is 25.0 Å². The first kappa shape index (κ1) is 11.1. The first-order valence-electron chi connectivity index (χ1n) is 4.55. The van der Waals surface area contributed by atoms with Gasteiger partial charge in [0.15, 0.2) is 0 Å². The average molecular weight is 197 g/mol. The van der Waals surface area contributed by atoms with Gasteiger partial charge in [-0.3, -0.25) is 0 Å². The SMILES string of the molecule is Cc1cc(C(C)(C)CON)ccc1F. The Labute approximate surface area is 83.8 Å². The van der Waals surface area contributed by atoms with Gasteiger partial charge in [0, 0.05) is 5.41 Å². The Balaban J connectivity index is 3.01. The first-order valence-corrected chi connectivity index (χ1v) is 4.55. The van der Waals surface area contributed by atoms with Gasteiger partial charge in [-0.2, -0.15) is 0 Å². The minimum Gasteiger partial charge on any atom is -0.304 e. The van der Waals surface area contributed by atoms with Crippen LogP contribution in [0.15, 0.2) is 18.2 Å². The number of hydrogen-bond acceptors (Lipinski definition) is 2. The molecule has 3 heteroatoms. The number of benzene rings is 1. The molecule has 78 valence electrons. The number of rotatable bonds is 3. The zero-order chi connectivity index (χ0) is 10.8. The predicted octanol–water partition coefficient (Wildman–Crippen LogP) is 2.30. The minimum atomic E-state index is -0.187. The van der Waals surface area contributed by atoms with E-state index >= 15 is 0 Å². The summed E-state index contributed by atoms with van der Waals surface area (Å²) < 4.78 is 13.0. The molecule has 2 nitrogen and oxygen atoms in total. The maximum Gasteiger partial charge on any atom is 0.126 e. The van der Waals surface area contributed by atoms with E-state index in [0.717, 1.165) is 5.56 Å². The molecule has 0 amide bonds. The third-order valence-corrected chi connectivity index (χ3v) is 2.38. The van der Waals surface area contributed by atoms with Crippen LogP contribution in [0.5, 0.6) is 0 Å². The molecule has 2 N–H and O–H groups in total. The average Bonchev–Trinajstić information content (AvgIpc) is 2.09. The van der Waals surface area contributed by atoms with Crippen LogP contribution in [-0.2, 0) is 10.3 Å². The van der Waals surface area contributed by atoms with Crippen LogP contribution < -0.4 is 5.90 Å². The van der Waals surface area contributed by atoms with Gasteiger partial charge in [-0.1, -0.05) is 26.0 Å². The molecule has 1 aromatic carbocycles. The van der Waals surface area contributed by atoms with Gasteiger partial charge in [0.2, 0.25) is 0 Å². The van der Waals surface area contributed by atoms with Crippen LogP contribution >= 0.6 is 0 Å². The van der Waals surface area contributed by atoms with E-state index in [4.69, 9.17) is 5.90 Å². The normalized spacial score (nSPS) is 11.8. The summed E-state index contributed by atoms with van der Waals surface area (Å²) in [7, 11) is 0. The van der Waals surface area contributed by atoms with Gasteiger partial charge in [-0.25, -0.2) is 10.3 Å². The van der Waals surface area contributed by atoms with E-state index in [2.05, 4.69) is 4.84 Å². The van der Waals surface area contributed by atoms with E-state index in [1.54, 1.807) is 13.0 Å². The molecule has 0 aromatic heterocycles. The third kappa shape index (κ3) is 2.30. The van der Waals surface area contributed by atoms with Crippen molar-refractivity contribution in [2.45, 2.75) is 26.2 Å². The lowest BCUT2D eigenvalue weighted by molar-refractivity contribution is 0.0964. The van der Waals surface area contributed by atoms with Crippen molar-refractivity contribution in [3.8, 4) is 0 Å². The van der Waals surface area contributed by atoms with Crippen LogP contribution in [0.4, 0.5) is 4.39 Å². The van der Waals surface area contributed by atoms with Gasteiger partial charge in [-0.15, -0.1) is 0 Å². The lowest BCUT2D eigenvalue weighted by Gasteiger charge is -2.24. The summed E-state index contributed by atoms with van der Waals surface area (Å²) in [6.07, 6.45) is 0. The van der Waals surface area contributed by atoms with Gasteiger partial charge in [-0.05, 0) is 24.1 Å². The molecule has 0 spiro atoms. The van der Waals surface area contributed by atoms with Gasteiger partial charge >= 0.3 is 0 Å². The van der Waals surface area contributed by atoms with Crippen LogP contribution in [0, 0.1) is 12.7 Å². The van der Waals surface area contributed by atoms with E-state index in [1.165, 1.54) is 6.07 Å². The molecule has 0 bridgehead atoms. The van der Waals surface area contributed by atoms with E-state index in [0.29, 0.717) is 12.2 Å². The van der Waals surface area contributed by atoms with Gasteiger partial charge in [0.1, 0.15) is 5.82 Å². The quantitative estimate of drug-likeness (QED) is 0.754. The fourth-order valence-electron chi connectivity index (χ4n) is 1.36. The number of hydrogen-bond donors (Lipinski definition) is 1. The molecule has 0 saturated heterocycles. The molecule has 0 heterocycles. The molecule has 1 rings (SSSR count). The summed E-state index contributed by atoms with van der Waals surface area (Å²) in [4.78, 5) is 4.64. The molecule has 0 aliphatic heterocycles. The van der Waals surface area contributed by atoms with Crippen molar-refractivity contribution in [2.75, 3.05) is 6.61 Å². The largest absolute Gasteiger partial charge is 0.304 e. The van der Waals surface area contributed by atoms with Crippen LogP contribution in [-0.4, -0.2) is 6.61 Å². The number of nitrogens with two attached hydrogens (primary N) is 1. The molecule has 0 fully saturated rings. The van der Waals surface area contributed by atoms with Gasteiger partial charge in [0.05, 0.1) is 6.61 Å². The van der Waals surface area contributed by atoms with Gasteiger partial charge in [0.25, 0.3) is 0 Å². The Bertz CT molecular complexity index is 323. The molecule has 0 radical (unpaired) electrons. The second-order valence-electron chi connectivity index (χ2n) is 4.16. The Morgan fingerprint density at radius 1 is 1.43 bits per heavy atom. The Morgan fingerprint density at radius 2 is 2.07 bits per heavy atom. The standard InChI is InChI=1S/C11H16FNO/c1-8-6-9(4-5-10(8)12)11(2,3)7-14-13/h4-6H,7,13H2,1-3H3. The Morgan fingerprint density at radius 3 is 2.57 bits per heavy atom. The molecule has 0 aliphatic rings. The van der Waals surface area contributed by atoms with Crippen molar-refractivity contribution in [1.82, 2.24) is 0 Å². The molecule has 0 atom stereocenters. The number of halogens is 1. The molecular weight excluding hydrogens is 181 g/mol. The lowest BCUT2D eigenvalue weighted by atomic mass is 9.85. The molecule has 1 aromatic rings. The van der Waals surface area contributed by atoms with Crippen LogP contribution in [0.2, 0.25) is 0 Å². The van der Waals surface area contributed by atoms with E-state index < -0.39 is 0 Å². The maximum atomic E-state index is 13.0. The molecule has 0 aliphatic carbocycles. The molecule has 14 heavy (non-hydrogen) atoms. The fourth-order valence-corrected chi connectivity index (χ4v) is 1.36. The van der Waals surface area contributed by atoms with Crippen molar-refractivity contribution in [3.63, 3.8) is 0 Å². The first-order chi connectivity index (χ1) is 6.47. The summed E-state index contributed by atoms with van der Waals surface area (Å²) in [5.41, 5.74) is 1.49. The Hall–Kier alpha value is -0.930. The fraction of sp³-hybridized carbons (Fsp3) is 0.455. The molecule has 0 unspecified atom stereocenters. The zero-order valence-electron chi connectivity index (χ0n) is 8.80. The summed E-state index contributed by atoms with van der Waals surface area (Å²) in [6, 6.07) is 5.07. The number of aryl methyl sites for hydroxylation is 1. The van der Waals surface area contributed by atoms with Crippen molar-refractivity contribution >= 4 is 0 Å². The van der Waals surface area contributed by atoms with Gasteiger partial charge < -0.3 is 4.84 Å². The summed E-state index contributed by atoms with van der Waals surface area (Å²) >= 11 is 0. The second-order valence-corrected chi connectivity index (χ2v) is 4.16. The van der Waals surface area contributed by atoms with Crippen molar-refractivity contribution in [1.29, 1.82) is 0 Å². The highest BCUT2D eigenvalue weighted by Gasteiger charge is 2.21. The monoisotopic (exact) mass is 197 g/mol. The maximum absolute atomic E-state index is 13.0. The lowest BCUT2D eigenvalue weighted by Crippen LogP contribution is -2.26. The summed E-state index contributed by atoms with van der Waals surface area (Å²) in [5.74, 6) is 4.86. The highest BCUT2D eigenvalue weighted by molar-refractivity contribution is 5.29. The highest BCUT2D eigenvalue weighted by Crippen LogP contribution is 2.24. The predicted molar refractivity (Wildman–Crippen MR) is 54.3 cm³/mol. The minimum absolute atomic E-state index is 0.182. The Kier molecular flexibility index (Phi) is 3.24. The van der Waals surface area contributed by atoms with Crippen LogP contribution in [0.3, 0.4) is 0 Å². The van der Waals surface area contributed by atoms with Crippen molar-refractivity contribution < 1.29 is 9.23 Å². The zero-order valence-corrected chi connectivity index (χ0v) is 8.80. The summed E-state index contributed by atoms with van der Waals surface area (Å²) in [6.45, 7) is 6.18. The van der Waals surface area contributed by atoms with Crippen molar-refractivity contribution in [3.05, 3.63) is 35.1 Å². The molecule has 0 saturated carbocycles. The third-order valence-electron chi connectivity index (χ3n) is 2.38. The van der Waals surface area contributed by atoms with Crippen molar-refractivity contribution in [2.24, 2.45) is 5.90 Å². The molecular formula is C11H16FNO. The second kappa shape index (κ2) is 4.07. The van der Waals surface area contributed by atoms with E-state index in [9.17, 15) is 4.39 Å². The smallest absolute Gasteiger partial charge is 0.126 e. The summed E-state index contributed by atoms with van der Waals surface area (Å²) in [5, 5.41) is 0. The van der Waals surface area contributed by atoms with E-state index in [-0.39, 0.29) is 11.2 Å². The topological polar surface area (TPSA) is 35.2 Å².